The third-order valence-electron chi connectivity index (χ3n) is 2.28. The number of ether oxygens (including phenoxy) is 2. The van der Waals surface area contributed by atoms with Crippen LogP contribution in [0.15, 0.2) is 18.3 Å². The van der Waals surface area contributed by atoms with Gasteiger partial charge in [0, 0.05) is 13.0 Å². The molecule has 0 radical (unpaired) electrons. The van der Waals surface area contributed by atoms with Crippen LogP contribution in [0.1, 0.15) is 23.3 Å². The molecule has 4 nitrogen and oxygen atoms in total. The number of methoxy groups -OCH3 is 1. The standard InChI is InChI=1S/C11H13NO3/c1-14-7-15-9-4-5-10(12-6-9)11(13)8-2-3-8/h4-6,8H,2-3,7H2,1H3. The van der Waals surface area contributed by atoms with E-state index in [1.54, 1.807) is 25.4 Å². The van der Waals surface area contributed by atoms with Crippen molar-refractivity contribution in [3.63, 3.8) is 0 Å². The number of ketones is 1. The average molecular weight is 207 g/mol. The molecule has 1 aliphatic carbocycles. The van der Waals surface area contributed by atoms with E-state index in [1.807, 2.05) is 0 Å². The molecule has 1 aromatic heterocycles. The minimum Gasteiger partial charge on any atom is -0.466 e. The molecule has 0 aromatic carbocycles. The van der Waals surface area contributed by atoms with E-state index in [0.29, 0.717) is 11.4 Å². The highest BCUT2D eigenvalue weighted by Gasteiger charge is 2.31. The zero-order valence-electron chi connectivity index (χ0n) is 8.60. The van der Waals surface area contributed by atoms with E-state index < -0.39 is 0 Å². The van der Waals surface area contributed by atoms with Crippen LogP contribution in [0.5, 0.6) is 5.75 Å². The fourth-order valence-corrected chi connectivity index (χ4v) is 1.29. The summed E-state index contributed by atoms with van der Waals surface area (Å²) in [6.45, 7) is 0.192. The Hall–Kier alpha value is -1.42. The van der Waals surface area contributed by atoms with E-state index in [1.165, 1.54) is 0 Å². The van der Waals surface area contributed by atoms with Gasteiger partial charge in [0.1, 0.15) is 11.4 Å². The number of carbonyl (C=O) groups excluding carboxylic acids is 1. The van der Waals surface area contributed by atoms with E-state index in [0.717, 1.165) is 12.8 Å². The van der Waals surface area contributed by atoms with Gasteiger partial charge in [-0.1, -0.05) is 0 Å². The number of hydrogen-bond donors (Lipinski definition) is 0. The molecule has 1 aromatic rings. The number of Topliss-reactive ketones (excluding diaryl/α,β-unsaturated/α-hetero) is 1. The lowest BCUT2D eigenvalue weighted by Crippen LogP contribution is -2.05. The Morgan fingerprint density at radius 2 is 2.33 bits per heavy atom. The maximum absolute atomic E-state index is 11.6. The van der Waals surface area contributed by atoms with Crippen molar-refractivity contribution in [2.45, 2.75) is 12.8 Å². The Labute approximate surface area is 88.2 Å². The van der Waals surface area contributed by atoms with E-state index in [-0.39, 0.29) is 18.5 Å². The maximum Gasteiger partial charge on any atom is 0.188 e. The maximum atomic E-state index is 11.6. The first-order valence-electron chi connectivity index (χ1n) is 4.93. The number of nitrogens with zero attached hydrogens (tertiary/aromatic N) is 1. The van der Waals surface area contributed by atoms with Crippen molar-refractivity contribution in [3.05, 3.63) is 24.0 Å². The molecule has 1 saturated carbocycles. The van der Waals surface area contributed by atoms with Gasteiger partial charge in [0.05, 0.1) is 6.20 Å². The van der Waals surface area contributed by atoms with Crippen molar-refractivity contribution in [1.29, 1.82) is 0 Å². The van der Waals surface area contributed by atoms with Crippen molar-refractivity contribution >= 4 is 5.78 Å². The average Bonchev–Trinajstić information content (AvgIpc) is 3.10. The molecular weight excluding hydrogens is 194 g/mol. The number of rotatable bonds is 5. The van der Waals surface area contributed by atoms with Crippen LogP contribution in [0.3, 0.4) is 0 Å². The molecule has 1 aliphatic rings. The molecule has 15 heavy (non-hydrogen) atoms. The van der Waals surface area contributed by atoms with Crippen molar-refractivity contribution in [1.82, 2.24) is 4.98 Å². The van der Waals surface area contributed by atoms with Crippen molar-refractivity contribution in [2.75, 3.05) is 13.9 Å². The van der Waals surface area contributed by atoms with Crippen LogP contribution in [0, 0.1) is 5.92 Å². The van der Waals surface area contributed by atoms with Gasteiger partial charge in [-0.3, -0.25) is 4.79 Å². The summed E-state index contributed by atoms with van der Waals surface area (Å²) < 4.78 is 9.92. The summed E-state index contributed by atoms with van der Waals surface area (Å²) >= 11 is 0. The van der Waals surface area contributed by atoms with Gasteiger partial charge in [-0.05, 0) is 25.0 Å². The number of aromatic nitrogens is 1. The highest BCUT2D eigenvalue weighted by molar-refractivity contribution is 5.97. The molecule has 1 fully saturated rings. The lowest BCUT2D eigenvalue weighted by Gasteiger charge is -2.04. The van der Waals surface area contributed by atoms with Crippen LogP contribution in [-0.4, -0.2) is 24.7 Å². The predicted octanol–water partition coefficient (Wildman–Crippen LogP) is 1.66. The molecule has 1 heterocycles. The van der Waals surface area contributed by atoms with E-state index >= 15 is 0 Å². The molecule has 0 N–H and O–H groups in total. The molecule has 0 atom stereocenters. The minimum atomic E-state index is 0.147. The molecule has 0 amide bonds. The molecule has 0 spiro atoms. The highest BCUT2D eigenvalue weighted by Crippen LogP contribution is 2.32. The van der Waals surface area contributed by atoms with Crippen LogP contribution in [-0.2, 0) is 4.74 Å². The highest BCUT2D eigenvalue weighted by atomic mass is 16.7. The first-order chi connectivity index (χ1) is 7.31. The summed E-state index contributed by atoms with van der Waals surface area (Å²) in [7, 11) is 1.55. The lowest BCUT2D eigenvalue weighted by atomic mass is 10.2. The number of hydrogen-bond acceptors (Lipinski definition) is 4. The molecule has 0 saturated heterocycles. The Bertz CT molecular complexity index is 343. The number of carbonyl (C=O) groups is 1. The third kappa shape index (κ3) is 2.53. The summed E-state index contributed by atoms with van der Waals surface area (Å²) in [6, 6.07) is 3.44. The molecule has 0 bridgehead atoms. The van der Waals surface area contributed by atoms with E-state index in [9.17, 15) is 4.79 Å². The smallest absolute Gasteiger partial charge is 0.188 e. The zero-order chi connectivity index (χ0) is 10.7. The van der Waals surface area contributed by atoms with Crippen LogP contribution in [0.25, 0.3) is 0 Å². The van der Waals surface area contributed by atoms with Gasteiger partial charge in [0.2, 0.25) is 0 Å². The first kappa shape index (κ1) is 10.1. The Kier molecular flexibility index (Phi) is 2.97. The SMILES string of the molecule is COCOc1ccc(C(=O)C2CC2)nc1. The molecule has 0 aliphatic heterocycles. The zero-order valence-corrected chi connectivity index (χ0v) is 8.60. The molecule has 2 rings (SSSR count). The summed E-state index contributed by atoms with van der Waals surface area (Å²) in [5.74, 6) is 0.973. The molecule has 0 unspecified atom stereocenters. The lowest BCUT2D eigenvalue weighted by molar-refractivity contribution is 0.0508. The van der Waals surface area contributed by atoms with Crippen molar-refractivity contribution < 1.29 is 14.3 Å². The molecular formula is C11H13NO3. The molecule has 80 valence electrons. The largest absolute Gasteiger partial charge is 0.466 e. The van der Waals surface area contributed by atoms with Crippen LogP contribution in [0.2, 0.25) is 0 Å². The van der Waals surface area contributed by atoms with Gasteiger partial charge in [-0.2, -0.15) is 0 Å². The Balaban J connectivity index is 1.99. The fraction of sp³-hybridized carbons (Fsp3) is 0.455. The summed E-state index contributed by atoms with van der Waals surface area (Å²) in [5.41, 5.74) is 0.530. The van der Waals surface area contributed by atoms with E-state index in [4.69, 9.17) is 9.47 Å². The fourth-order valence-electron chi connectivity index (χ4n) is 1.29. The second-order valence-corrected chi connectivity index (χ2v) is 3.57. The third-order valence-corrected chi connectivity index (χ3v) is 2.28. The van der Waals surface area contributed by atoms with E-state index in [2.05, 4.69) is 4.98 Å². The second-order valence-electron chi connectivity index (χ2n) is 3.57. The number of pyridine rings is 1. The summed E-state index contributed by atoms with van der Waals surface area (Å²) in [5, 5.41) is 0. The summed E-state index contributed by atoms with van der Waals surface area (Å²) in [4.78, 5) is 15.7. The van der Waals surface area contributed by atoms with Gasteiger partial charge < -0.3 is 9.47 Å². The van der Waals surface area contributed by atoms with Gasteiger partial charge in [-0.15, -0.1) is 0 Å². The van der Waals surface area contributed by atoms with Gasteiger partial charge in [-0.25, -0.2) is 4.98 Å². The quantitative estimate of drug-likeness (QED) is 0.544. The topological polar surface area (TPSA) is 48.4 Å². The van der Waals surface area contributed by atoms with Gasteiger partial charge in [0.25, 0.3) is 0 Å². The monoisotopic (exact) mass is 207 g/mol. The minimum absolute atomic E-state index is 0.147. The van der Waals surface area contributed by atoms with Crippen molar-refractivity contribution in [2.24, 2.45) is 5.92 Å². The van der Waals surface area contributed by atoms with Gasteiger partial charge in [0.15, 0.2) is 12.6 Å². The normalized spacial score (nSPS) is 15.0. The van der Waals surface area contributed by atoms with Crippen molar-refractivity contribution in [3.8, 4) is 5.75 Å². The van der Waals surface area contributed by atoms with Crippen LogP contribution < -0.4 is 4.74 Å². The van der Waals surface area contributed by atoms with Gasteiger partial charge >= 0.3 is 0 Å². The van der Waals surface area contributed by atoms with Crippen LogP contribution >= 0.6 is 0 Å². The predicted molar refractivity (Wildman–Crippen MR) is 53.8 cm³/mol. The second kappa shape index (κ2) is 4.40. The Morgan fingerprint density at radius 1 is 1.53 bits per heavy atom. The first-order valence-corrected chi connectivity index (χ1v) is 4.93. The Morgan fingerprint density at radius 3 is 2.87 bits per heavy atom. The molecule has 4 heteroatoms. The van der Waals surface area contributed by atoms with Crippen LogP contribution in [0.4, 0.5) is 0 Å². The summed E-state index contributed by atoms with van der Waals surface area (Å²) in [6.07, 6.45) is 3.56.